The SMILES string of the molecule is CC1CCN(Cc2cccc(CNC(=O)C3CCCN(Cc4ccc(Cl)cc4Cl)C3)c2)CC1. The normalized spacial score (nSPS) is 20.6. The zero-order chi connectivity index (χ0) is 23.2. The minimum Gasteiger partial charge on any atom is -0.352 e. The number of carbonyl (C=O) groups is 1. The number of benzene rings is 2. The van der Waals surface area contributed by atoms with Gasteiger partial charge in [0.05, 0.1) is 5.92 Å². The van der Waals surface area contributed by atoms with Crippen molar-refractivity contribution in [1.82, 2.24) is 15.1 Å². The molecule has 1 N–H and O–H groups in total. The monoisotopic (exact) mass is 487 g/mol. The third-order valence-corrected chi connectivity index (χ3v) is 7.61. The summed E-state index contributed by atoms with van der Waals surface area (Å²) in [5.41, 5.74) is 3.56. The fraction of sp³-hybridized carbons (Fsp3) is 0.519. The van der Waals surface area contributed by atoms with Gasteiger partial charge in [-0.1, -0.05) is 60.5 Å². The zero-order valence-corrected chi connectivity index (χ0v) is 21.0. The first-order valence-corrected chi connectivity index (χ1v) is 13.0. The maximum absolute atomic E-state index is 12.9. The van der Waals surface area contributed by atoms with E-state index in [1.807, 2.05) is 12.1 Å². The number of halogens is 2. The summed E-state index contributed by atoms with van der Waals surface area (Å²) in [4.78, 5) is 17.8. The van der Waals surface area contributed by atoms with E-state index in [1.54, 1.807) is 6.07 Å². The van der Waals surface area contributed by atoms with E-state index >= 15 is 0 Å². The van der Waals surface area contributed by atoms with E-state index in [1.165, 1.54) is 37.1 Å². The van der Waals surface area contributed by atoms with Crippen LogP contribution in [0.5, 0.6) is 0 Å². The van der Waals surface area contributed by atoms with Crippen LogP contribution in [0.2, 0.25) is 10.0 Å². The van der Waals surface area contributed by atoms with E-state index in [2.05, 4.69) is 46.3 Å². The quantitative estimate of drug-likeness (QED) is 0.539. The molecule has 2 fully saturated rings. The number of nitrogens with zero attached hydrogens (tertiary/aromatic N) is 2. The van der Waals surface area contributed by atoms with Crippen LogP contribution in [0, 0.1) is 11.8 Å². The summed E-state index contributed by atoms with van der Waals surface area (Å²) in [7, 11) is 0. The van der Waals surface area contributed by atoms with Crippen molar-refractivity contribution in [3.05, 3.63) is 69.2 Å². The number of likely N-dealkylation sites (tertiary alicyclic amines) is 2. The lowest BCUT2D eigenvalue weighted by atomic mass is 9.96. The number of amides is 1. The highest BCUT2D eigenvalue weighted by molar-refractivity contribution is 6.35. The second kappa shape index (κ2) is 11.7. The molecule has 178 valence electrons. The minimum absolute atomic E-state index is 0.0170. The predicted molar refractivity (Wildman–Crippen MR) is 136 cm³/mol. The van der Waals surface area contributed by atoms with Gasteiger partial charge in [-0.25, -0.2) is 0 Å². The summed E-state index contributed by atoms with van der Waals surface area (Å²) < 4.78 is 0. The van der Waals surface area contributed by atoms with Crippen LogP contribution >= 0.6 is 23.2 Å². The molecule has 2 aliphatic rings. The van der Waals surface area contributed by atoms with Gasteiger partial charge in [-0.15, -0.1) is 0 Å². The van der Waals surface area contributed by atoms with E-state index in [-0.39, 0.29) is 11.8 Å². The van der Waals surface area contributed by atoms with Crippen LogP contribution in [0.3, 0.4) is 0 Å². The van der Waals surface area contributed by atoms with Gasteiger partial charge in [0.25, 0.3) is 0 Å². The lowest BCUT2D eigenvalue weighted by molar-refractivity contribution is -0.126. The van der Waals surface area contributed by atoms with Gasteiger partial charge in [-0.3, -0.25) is 14.6 Å². The van der Waals surface area contributed by atoms with E-state index in [0.717, 1.165) is 50.5 Å². The molecule has 2 aromatic rings. The van der Waals surface area contributed by atoms with Crippen LogP contribution in [0.4, 0.5) is 0 Å². The van der Waals surface area contributed by atoms with Crippen molar-refractivity contribution < 1.29 is 4.79 Å². The molecule has 33 heavy (non-hydrogen) atoms. The molecule has 0 aliphatic carbocycles. The third-order valence-electron chi connectivity index (χ3n) is 7.03. The van der Waals surface area contributed by atoms with E-state index in [0.29, 0.717) is 16.6 Å². The van der Waals surface area contributed by atoms with Gasteiger partial charge in [0.15, 0.2) is 0 Å². The Bertz CT molecular complexity index is 943. The molecule has 4 nitrogen and oxygen atoms in total. The highest BCUT2D eigenvalue weighted by Gasteiger charge is 2.26. The maximum atomic E-state index is 12.9. The van der Waals surface area contributed by atoms with Gasteiger partial charge in [0.1, 0.15) is 0 Å². The molecule has 1 amide bonds. The Hall–Kier alpha value is -1.59. The first-order chi connectivity index (χ1) is 16.0. The largest absolute Gasteiger partial charge is 0.352 e. The van der Waals surface area contributed by atoms with Gasteiger partial charge < -0.3 is 5.32 Å². The van der Waals surface area contributed by atoms with Crippen molar-refractivity contribution in [2.24, 2.45) is 11.8 Å². The summed E-state index contributed by atoms with van der Waals surface area (Å²) in [6.45, 7) is 8.79. The van der Waals surface area contributed by atoms with E-state index < -0.39 is 0 Å². The molecule has 2 aliphatic heterocycles. The molecule has 1 unspecified atom stereocenters. The van der Waals surface area contributed by atoms with Crippen LogP contribution in [0.15, 0.2) is 42.5 Å². The van der Waals surface area contributed by atoms with Gasteiger partial charge in [0.2, 0.25) is 5.91 Å². The predicted octanol–water partition coefficient (Wildman–Crippen LogP) is 5.75. The smallest absolute Gasteiger partial charge is 0.224 e. The third kappa shape index (κ3) is 7.19. The first kappa shape index (κ1) is 24.5. The Morgan fingerprint density at radius 3 is 2.55 bits per heavy atom. The number of nitrogens with one attached hydrogen (secondary N) is 1. The van der Waals surface area contributed by atoms with Crippen LogP contribution in [-0.2, 0) is 24.4 Å². The molecule has 0 saturated carbocycles. The molecule has 0 bridgehead atoms. The summed E-state index contributed by atoms with van der Waals surface area (Å²) in [5.74, 6) is 1.02. The van der Waals surface area contributed by atoms with Gasteiger partial charge in [0, 0.05) is 36.2 Å². The summed E-state index contributed by atoms with van der Waals surface area (Å²) in [6.07, 6.45) is 4.54. The summed E-state index contributed by atoms with van der Waals surface area (Å²) in [6, 6.07) is 14.3. The standard InChI is InChI=1S/C27H35Cl2N3O/c1-20-9-12-31(13-10-20)17-22-5-2-4-21(14-22)16-30-27(33)24-6-3-11-32(19-24)18-23-7-8-25(28)15-26(23)29/h2,4-5,7-8,14-15,20,24H,3,6,9-13,16-19H2,1H3,(H,30,33). The minimum atomic E-state index is 0.0170. The average molecular weight is 489 g/mol. The lowest BCUT2D eigenvalue weighted by Crippen LogP contribution is -2.42. The van der Waals surface area contributed by atoms with Crippen molar-refractivity contribution in [2.45, 2.75) is 52.2 Å². The number of hydrogen-bond acceptors (Lipinski definition) is 3. The fourth-order valence-electron chi connectivity index (χ4n) is 4.95. The molecule has 0 aromatic heterocycles. The molecule has 2 aromatic carbocycles. The molecule has 6 heteroatoms. The molecular formula is C27H35Cl2N3O. The number of rotatable bonds is 7. The van der Waals surface area contributed by atoms with Crippen molar-refractivity contribution in [1.29, 1.82) is 0 Å². The van der Waals surface area contributed by atoms with E-state index in [4.69, 9.17) is 23.2 Å². The first-order valence-electron chi connectivity index (χ1n) is 12.2. The second-order valence-corrected chi connectivity index (χ2v) is 10.7. The molecular weight excluding hydrogens is 453 g/mol. The average Bonchev–Trinajstić information content (AvgIpc) is 2.81. The van der Waals surface area contributed by atoms with Gasteiger partial charge in [-0.2, -0.15) is 0 Å². The molecule has 1 atom stereocenters. The maximum Gasteiger partial charge on any atom is 0.224 e. The molecule has 0 radical (unpaired) electrons. The van der Waals surface area contributed by atoms with Crippen LogP contribution in [-0.4, -0.2) is 41.9 Å². The van der Waals surface area contributed by atoms with E-state index in [9.17, 15) is 4.79 Å². The zero-order valence-electron chi connectivity index (χ0n) is 19.5. The van der Waals surface area contributed by atoms with Crippen LogP contribution in [0.25, 0.3) is 0 Å². The number of carbonyl (C=O) groups excluding carboxylic acids is 1. The Morgan fingerprint density at radius 2 is 1.76 bits per heavy atom. The molecule has 2 heterocycles. The van der Waals surface area contributed by atoms with Crippen molar-refractivity contribution in [3.63, 3.8) is 0 Å². The van der Waals surface area contributed by atoms with Crippen molar-refractivity contribution >= 4 is 29.1 Å². The summed E-state index contributed by atoms with van der Waals surface area (Å²) in [5, 5.41) is 4.52. The highest BCUT2D eigenvalue weighted by atomic mass is 35.5. The van der Waals surface area contributed by atoms with Crippen molar-refractivity contribution in [2.75, 3.05) is 26.2 Å². The Labute approximate surface area is 208 Å². The Kier molecular flexibility index (Phi) is 8.70. The van der Waals surface area contributed by atoms with Crippen molar-refractivity contribution in [3.8, 4) is 0 Å². The number of piperidine rings is 2. The molecule has 0 spiro atoms. The van der Waals surface area contributed by atoms with Gasteiger partial charge >= 0.3 is 0 Å². The molecule has 4 rings (SSSR count). The Balaban J connectivity index is 1.27. The van der Waals surface area contributed by atoms with Crippen LogP contribution in [0.1, 0.15) is 49.3 Å². The highest BCUT2D eigenvalue weighted by Crippen LogP contribution is 2.25. The fourth-order valence-corrected chi connectivity index (χ4v) is 5.42. The Morgan fingerprint density at radius 1 is 0.970 bits per heavy atom. The summed E-state index contributed by atoms with van der Waals surface area (Å²) >= 11 is 12.4. The lowest BCUT2D eigenvalue weighted by Gasteiger charge is -2.32. The topological polar surface area (TPSA) is 35.6 Å². The van der Waals surface area contributed by atoms with Crippen LogP contribution < -0.4 is 5.32 Å². The van der Waals surface area contributed by atoms with Gasteiger partial charge in [-0.05, 0) is 80.1 Å². The number of hydrogen-bond donors (Lipinski definition) is 1. The molecule has 2 saturated heterocycles. The second-order valence-electron chi connectivity index (χ2n) is 9.81.